The van der Waals surface area contributed by atoms with Crippen molar-refractivity contribution in [2.45, 2.75) is 44.7 Å². The Balaban J connectivity index is 2.23. The lowest BCUT2D eigenvalue weighted by Crippen LogP contribution is -2.25. The maximum atomic E-state index is 6.07. The van der Waals surface area contributed by atoms with Gasteiger partial charge in [-0.15, -0.1) is 0 Å². The fraction of sp³-hybridized carbons (Fsp3) is 0.571. The van der Waals surface area contributed by atoms with Crippen molar-refractivity contribution in [2.75, 3.05) is 11.9 Å². The Morgan fingerprint density at radius 1 is 1.47 bits per heavy atom. The van der Waals surface area contributed by atoms with Crippen LogP contribution in [-0.4, -0.2) is 19.1 Å². The molecule has 0 aromatic heterocycles. The number of benzene rings is 1. The summed E-state index contributed by atoms with van der Waals surface area (Å²) in [7, 11) is 2.19. The molecule has 2 N–H and O–H groups in total. The van der Waals surface area contributed by atoms with Crippen molar-refractivity contribution < 1.29 is 0 Å². The quantitative estimate of drug-likeness (QED) is 0.903. The van der Waals surface area contributed by atoms with Crippen LogP contribution >= 0.6 is 15.9 Å². The topological polar surface area (TPSA) is 29.3 Å². The molecule has 1 atom stereocenters. The van der Waals surface area contributed by atoms with E-state index in [1.165, 1.54) is 24.1 Å². The van der Waals surface area contributed by atoms with Crippen LogP contribution in [0.2, 0.25) is 0 Å². The normalized spacial score (nSPS) is 16.9. The van der Waals surface area contributed by atoms with Gasteiger partial charge in [0.1, 0.15) is 0 Å². The van der Waals surface area contributed by atoms with Gasteiger partial charge in [-0.1, -0.05) is 28.9 Å². The Labute approximate surface area is 112 Å². The SMILES string of the molecule is CCC(N)Cc1ccc(Br)cc1N(C)C1CC1. The Kier molecular flexibility index (Phi) is 4.10. The number of hydrogen-bond donors (Lipinski definition) is 1. The molecule has 17 heavy (non-hydrogen) atoms. The zero-order valence-corrected chi connectivity index (χ0v) is 12.2. The maximum Gasteiger partial charge on any atom is 0.0410 e. The van der Waals surface area contributed by atoms with Gasteiger partial charge < -0.3 is 10.6 Å². The van der Waals surface area contributed by atoms with Gasteiger partial charge in [0.05, 0.1) is 0 Å². The molecule has 94 valence electrons. The number of nitrogens with zero attached hydrogens (tertiary/aromatic N) is 1. The van der Waals surface area contributed by atoms with E-state index >= 15 is 0 Å². The molecule has 2 rings (SSSR count). The minimum absolute atomic E-state index is 0.266. The summed E-state index contributed by atoms with van der Waals surface area (Å²) in [4.78, 5) is 2.41. The largest absolute Gasteiger partial charge is 0.371 e. The van der Waals surface area contributed by atoms with Gasteiger partial charge in [0, 0.05) is 29.3 Å². The van der Waals surface area contributed by atoms with Crippen molar-refractivity contribution in [3.05, 3.63) is 28.2 Å². The minimum Gasteiger partial charge on any atom is -0.371 e. The summed E-state index contributed by atoms with van der Waals surface area (Å²) in [6, 6.07) is 7.54. The Bertz CT molecular complexity index is 388. The van der Waals surface area contributed by atoms with Gasteiger partial charge in [-0.3, -0.25) is 0 Å². The van der Waals surface area contributed by atoms with E-state index in [2.05, 4.69) is 53.0 Å². The standard InChI is InChI=1S/C14H21BrN2/c1-3-12(16)8-10-4-5-11(15)9-14(10)17(2)13-6-7-13/h4-5,9,12-13H,3,6-8,16H2,1-2H3. The number of hydrogen-bond acceptors (Lipinski definition) is 2. The molecule has 1 aromatic rings. The highest BCUT2D eigenvalue weighted by Crippen LogP contribution is 2.34. The van der Waals surface area contributed by atoms with Gasteiger partial charge in [-0.2, -0.15) is 0 Å². The van der Waals surface area contributed by atoms with Crippen LogP contribution in [0.3, 0.4) is 0 Å². The molecule has 0 aliphatic heterocycles. The molecule has 0 amide bonds. The molecule has 1 unspecified atom stereocenters. The lowest BCUT2D eigenvalue weighted by Gasteiger charge is -2.23. The molecule has 3 heteroatoms. The summed E-state index contributed by atoms with van der Waals surface area (Å²) in [6.45, 7) is 2.15. The summed E-state index contributed by atoms with van der Waals surface area (Å²) in [5.74, 6) is 0. The molecule has 1 fully saturated rings. The molecule has 0 spiro atoms. The first-order valence-corrected chi connectivity index (χ1v) is 7.18. The molecule has 0 saturated heterocycles. The van der Waals surface area contributed by atoms with Crippen LogP contribution < -0.4 is 10.6 Å². The van der Waals surface area contributed by atoms with Crippen LogP contribution in [0.4, 0.5) is 5.69 Å². The second kappa shape index (κ2) is 5.40. The van der Waals surface area contributed by atoms with Gasteiger partial charge in [0.15, 0.2) is 0 Å². The van der Waals surface area contributed by atoms with E-state index in [1.54, 1.807) is 0 Å². The first-order chi connectivity index (χ1) is 8.11. The van der Waals surface area contributed by atoms with Crippen molar-refractivity contribution >= 4 is 21.6 Å². The van der Waals surface area contributed by atoms with Crippen LogP contribution in [0.5, 0.6) is 0 Å². The fourth-order valence-electron chi connectivity index (χ4n) is 2.12. The zero-order valence-electron chi connectivity index (χ0n) is 10.6. The van der Waals surface area contributed by atoms with Crippen LogP contribution in [0, 0.1) is 0 Å². The average Bonchev–Trinajstić information content (AvgIpc) is 3.14. The van der Waals surface area contributed by atoms with Crippen molar-refractivity contribution in [3.63, 3.8) is 0 Å². The van der Waals surface area contributed by atoms with E-state index in [0.717, 1.165) is 23.4 Å². The highest BCUT2D eigenvalue weighted by atomic mass is 79.9. The molecule has 1 aromatic carbocycles. The maximum absolute atomic E-state index is 6.07. The number of rotatable bonds is 5. The monoisotopic (exact) mass is 296 g/mol. The van der Waals surface area contributed by atoms with Gasteiger partial charge >= 0.3 is 0 Å². The highest BCUT2D eigenvalue weighted by molar-refractivity contribution is 9.10. The Hall–Kier alpha value is -0.540. The molecule has 0 heterocycles. The summed E-state index contributed by atoms with van der Waals surface area (Å²) in [5.41, 5.74) is 8.78. The summed E-state index contributed by atoms with van der Waals surface area (Å²) in [5, 5.41) is 0. The summed E-state index contributed by atoms with van der Waals surface area (Å²) >= 11 is 3.56. The van der Waals surface area contributed by atoms with Crippen molar-refractivity contribution in [1.82, 2.24) is 0 Å². The third-order valence-corrected chi connectivity index (χ3v) is 4.02. The van der Waals surface area contributed by atoms with Gasteiger partial charge in [0.25, 0.3) is 0 Å². The van der Waals surface area contributed by atoms with Crippen molar-refractivity contribution in [3.8, 4) is 0 Å². The van der Waals surface area contributed by atoms with E-state index in [4.69, 9.17) is 5.73 Å². The Morgan fingerprint density at radius 2 is 2.18 bits per heavy atom. The summed E-state index contributed by atoms with van der Waals surface area (Å²) in [6.07, 6.45) is 4.64. The Morgan fingerprint density at radius 3 is 2.76 bits per heavy atom. The minimum atomic E-state index is 0.266. The van der Waals surface area contributed by atoms with Gasteiger partial charge in [-0.25, -0.2) is 0 Å². The molecule has 1 aliphatic carbocycles. The van der Waals surface area contributed by atoms with E-state index in [-0.39, 0.29) is 6.04 Å². The second-order valence-corrected chi connectivity index (χ2v) is 5.90. The zero-order chi connectivity index (χ0) is 12.4. The van der Waals surface area contributed by atoms with Crippen LogP contribution in [0.1, 0.15) is 31.7 Å². The van der Waals surface area contributed by atoms with Gasteiger partial charge in [0.2, 0.25) is 0 Å². The summed E-state index contributed by atoms with van der Waals surface area (Å²) < 4.78 is 1.15. The fourth-order valence-corrected chi connectivity index (χ4v) is 2.47. The van der Waals surface area contributed by atoms with Crippen LogP contribution in [0.25, 0.3) is 0 Å². The molecular formula is C14H21BrN2. The predicted octanol–water partition coefficient (Wildman–Crippen LogP) is 3.33. The highest BCUT2D eigenvalue weighted by Gasteiger charge is 2.27. The third kappa shape index (κ3) is 3.23. The number of halogens is 1. The van der Waals surface area contributed by atoms with E-state index in [1.807, 2.05) is 0 Å². The first-order valence-electron chi connectivity index (χ1n) is 6.38. The van der Waals surface area contributed by atoms with Gasteiger partial charge in [-0.05, 0) is 43.4 Å². The van der Waals surface area contributed by atoms with E-state index < -0.39 is 0 Å². The molecular weight excluding hydrogens is 276 g/mol. The third-order valence-electron chi connectivity index (χ3n) is 3.53. The molecule has 1 aliphatic rings. The molecule has 2 nitrogen and oxygen atoms in total. The van der Waals surface area contributed by atoms with Crippen LogP contribution in [0.15, 0.2) is 22.7 Å². The lowest BCUT2D eigenvalue weighted by molar-refractivity contribution is 0.645. The van der Waals surface area contributed by atoms with E-state index in [0.29, 0.717) is 0 Å². The number of anilines is 1. The molecule has 0 radical (unpaired) electrons. The predicted molar refractivity (Wildman–Crippen MR) is 77.5 cm³/mol. The lowest BCUT2D eigenvalue weighted by atomic mass is 10.0. The number of nitrogens with two attached hydrogens (primary N) is 1. The van der Waals surface area contributed by atoms with Crippen LogP contribution in [-0.2, 0) is 6.42 Å². The molecule has 1 saturated carbocycles. The van der Waals surface area contributed by atoms with E-state index in [9.17, 15) is 0 Å². The average molecular weight is 297 g/mol. The molecule has 0 bridgehead atoms. The first kappa shape index (κ1) is 12.9. The smallest absolute Gasteiger partial charge is 0.0410 e. The van der Waals surface area contributed by atoms with Crippen molar-refractivity contribution in [1.29, 1.82) is 0 Å². The van der Waals surface area contributed by atoms with Crippen molar-refractivity contribution in [2.24, 2.45) is 5.73 Å². The second-order valence-electron chi connectivity index (χ2n) is 4.99.